The summed E-state index contributed by atoms with van der Waals surface area (Å²) in [5, 5.41) is 3.88. The molecule has 1 atom stereocenters. The molecule has 0 aromatic carbocycles. The first-order chi connectivity index (χ1) is 11.8. The third kappa shape index (κ3) is 4.32. The summed E-state index contributed by atoms with van der Waals surface area (Å²) in [6, 6.07) is 2.75. The first-order valence-corrected chi connectivity index (χ1v) is 8.26. The predicted octanol–water partition coefficient (Wildman–Crippen LogP) is 3.21. The zero-order chi connectivity index (χ0) is 18.0. The Balaban J connectivity index is 1.67. The van der Waals surface area contributed by atoms with Crippen molar-refractivity contribution < 1.29 is 18.4 Å². The van der Waals surface area contributed by atoms with E-state index in [9.17, 15) is 9.18 Å². The van der Waals surface area contributed by atoms with Crippen LogP contribution in [0.5, 0.6) is 0 Å². The first-order valence-electron chi connectivity index (χ1n) is 8.26. The van der Waals surface area contributed by atoms with Gasteiger partial charge in [0.25, 0.3) is 0 Å². The minimum atomic E-state index is -0.532. The van der Waals surface area contributed by atoms with Crippen molar-refractivity contribution in [3.63, 3.8) is 0 Å². The molecule has 0 N–H and O–H groups in total. The molecular formula is C17H21FN4O3. The van der Waals surface area contributed by atoms with E-state index < -0.39 is 11.4 Å². The number of ether oxygens (including phenoxy) is 1. The SMILES string of the molecule is CC(C)(C)OC(=O)N1CCC[C@H]1Cc1nc(-c2ccc(F)cn2)no1. The second-order valence-electron chi connectivity index (χ2n) is 7.05. The fourth-order valence-corrected chi connectivity index (χ4v) is 2.76. The van der Waals surface area contributed by atoms with Crippen LogP contribution >= 0.6 is 0 Å². The Labute approximate surface area is 145 Å². The lowest BCUT2D eigenvalue weighted by molar-refractivity contribution is 0.0222. The molecule has 25 heavy (non-hydrogen) atoms. The van der Waals surface area contributed by atoms with Crippen molar-refractivity contribution in [2.24, 2.45) is 0 Å². The lowest BCUT2D eigenvalue weighted by Gasteiger charge is -2.28. The Morgan fingerprint density at radius 2 is 2.24 bits per heavy atom. The molecule has 0 aliphatic carbocycles. The van der Waals surface area contributed by atoms with Crippen LogP contribution in [0.3, 0.4) is 0 Å². The van der Waals surface area contributed by atoms with E-state index in [0.29, 0.717) is 30.4 Å². The van der Waals surface area contributed by atoms with Crippen LogP contribution in [0.15, 0.2) is 22.9 Å². The van der Waals surface area contributed by atoms with Gasteiger partial charge in [0.1, 0.15) is 17.1 Å². The number of carbonyl (C=O) groups excluding carboxylic acids is 1. The minimum Gasteiger partial charge on any atom is -0.444 e. The maximum Gasteiger partial charge on any atom is 0.410 e. The van der Waals surface area contributed by atoms with Gasteiger partial charge >= 0.3 is 6.09 Å². The third-order valence-electron chi connectivity index (χ3n) is 3.84. The second kappa shape index (κ2) is 6.78. The molecule has 1 saturated heterocycles. The van der Waals surface area contributed by atoms with Crippen LogP contribution in [-0.2, 0) is 11.2 Å². The van der Waals surface area contributed by atoms with Gasteiger partial charge in [-0.3, -0.25) is 0 Å². The Morgan fingerprint density at radius 1 is 1.44 bits per heavy atom. The highest BCUT2D eigenvalue weighted by Crippen LogP contribution is 2.24. The number of amides is 1. The molecule has 7 nitrogen and oxygen atoms in total. The van der Waals surface area contributed by atoms with Crippen LogP contribution in [0, 0.1) is 5.82 Å². The summed E-state index contributed by atoms with van der Waals surface area (Å²) in [6.07, 6.45) is 2.99. The van der Waals surface area contributed by atoms with Crippen LogP contribution in [-0.4, -0.2) is 44.3 Å². The number of halogens is 1. The highest BCUT2D eigenvalue weighted by atomic mass is 19.1. The van der Waals surface area contributed by atoms with Gasteiger partial charge < -0.3 is 14.2 Å². The van der Waals surface area contributed by atoms with Gasteiger partial charge in [0.2, 0.25) is 11.7 Å². The topological polar surface area (TPSA) is 81.4 Å². The van der Waals surface area contributed by atoms with Crippen molar-refractivity contribution in [3.05, 3.63) is 30.0 Å². The molecule has 0 radical (unpaired) electrons. The summed E-state index contributed by atoms with van der Waals surface area (Å²) < 4.78 is 23.7. The summed E-state index contributed by atoms with van der Waals surface area (Å²) in [5.74, 6) is 0.296. The maximum atomic E-state index is 12.9. The predicted molar refractivity (Wildman–Crippen MR) is 87.2 cm³/mol. The Kier molecular flexibility index (Phi) is 4.69. The van der Waals surface area contributed by atoms with Crippen molar-refractivity contribution in [3.8, 4) is 11.5 Å². The molecule has 1 fully saturated rings. The monoisotopic (exact) mass is 348 g/mol. The van der Waals surface area contributed by atoms with E-state index in [1.807, 2.05) is 20.8 Å². The van der Waals surface area contributed by atoms with Crippen molar-refractivity contribution in [2.75, 3.05) is 6.54 Å². The number of likely N-dealkylation sites (tertiary alicyclic amines) is 1. The number of nitrogens with zero attached hydrogens (tertiary/aromatic N) is 4. The van der Waals surface area contributed by atoms with Crippen molar-refractivity contribution in [1.82, 2.24) is 20.0 Å². The molecule has 0 spiro atoms. The number of rotatable bonds is 3. The summed E-state index contributed by atoms with van der Waals surface area (Å²) in [7, 11) is 0. The number of hydrogen-bond donors (Lipinski definition) is 0. The van der Waals surface area contributed by atoms with Crippen LogP contribution in [0.2, 0.25) is 0 Å². The molecule has 0 saturated carbocycles. The summed E-state index contributed by atoms with van der Waals surface area (Å²) in [6.45, 7) is 6.18. The molecule has 8 heteroatoms. The van der Waals surface area contributed by atoms with E-state index in [-0.39, 0.29) is 12.1 Å². The van der Waals surface area contributed by atoms with Gasteiger partial charge in [-0.1, -0.05) is 5.16 Å². The molecule has 0 bridgehead atoms. The number of carbonyl (C=O) groups is 1. The molecule has 2 aromatic heterocycles. The van der Waals surface area contributed by atoms with Gasteiger partial charge in [0.05, 0.1) is 6.20 Å². The van der Waals surface area contributed by atoms with E-state index in [1.165, 1.54) is 12.1 Å². The standard InChI is InChI=1S/C17H21FN4O3/c1-17(2,3)24-16(23)22-8-4-5-12(22)9-14-20-15(21-25-14)13-7-6-11(18)10-19-13/h6-7,10,12H,4-5,8-9H2,1-3H3/t12-/m0/s1. The van der Waals surface area contributed by atoms with E-state index >= 15 is 0 Å². The molecule has 2 aromatic rings. The normalized spacial score (nSPS) is 17.8. The number of pyridine rings is 1. The van der Waals surface area contributed by atoms with Crippen LogP contribution in [0.1, 0.15) is 39.5 Å². The molecule has 134 valence electrons. The van der Waals surface area contributed by atoms with E-state index in [1.54, 1.807) is 4.90 Å². The Morgan fingerprint density at radius 3 is 2.92 bits per heavy atom. The average molecular weight is 348 g/mol. The van der Waals surface area contributed by atoms with E-state index in [4.69, 9.17) is 9.26 Å². The second-order valence-corrected chi connectivity index (χ2v) is 7.05. The molecule has 1 aliphatic rings. The summed E-state index contributed by atoms with van der Waals surface area (Å²) in [5.41, 5.74) is -0.0947. The molecule has 3 heterocycles. The smallest absolute Gasteiger partial charge is 0.410 e. The largest absolute Gasteiger partial charge is 0.444 e. The van der Waals surface area contributed by atoms with Gasteiger partial charge in [-0.2, -0.15) is 4.98 Å². The fourth-order valence-electron chi connectivity index (χ4n) is 2.76. The lowest BCUT2D eigenvalue weighted by atomic mass is 10.1. The highest BCUT2D eigenvalue weighted by molar-refractivity contribution is 5.69. The zero-order valence-corrected chi connectivity index (χ0v) is 14.5. The molecule has 1 amide bonds. The fraction of sp³-hybridized carbons (Fsp3) is 0.529. The molecule has 1 aliphatic heterocycles. The average Bonchev–Trinajstić information content (AvgIpc) is 3.16. The zero-order valence-electron chi connectivity index (χ0n) is 14.5. The molecule has 0 unspecified atom stereocenters. The van der Waals surface area contributed by atoms with Gasteiger partial charge in [-0.15, -0.1) is 0 Å². The highest BCUT2D eigenvalue weighted by Gasteiger charge is 2.33. The Bertz CT molecular complexity index is 739. The van der Waals surface area contributed by atoms with Crippen molar-refractivity contribution in [2.45, 2.75) is 51.7 Å². The van der Waals surface area contributed by atoms with Gasteiger partial charge in [0, 0.05) is 19.0 Å². The number of aromatic nitrogens is 3. The number of hydrogen-bond acceptors (Lipinski definition) is 6. The maximum absolute atomic E-state index is 12.9. The van der Waals surface area contributed by atoms with Gasteiger partial charge in [-0.05, 0) is 45.7 Å². The quantitative estimate of drug-likeness (QED) is 0.847. The van der Waals surface area contributed by atoms with E-state index in [2.05, 4.69) is 15.1 Å². The van der Waals surface area contributed by atoms with E-state index in [0.717, 1.165) is 19.0 Å². The van der Waals surface area contributed by atoms with Crippen LogP contribution in [0.25, 0.3) is 11.5 Å². The first kappa shape index (κ1) is 17.3. The molecule has 3 rings (SSSR count). The van der Waals surface area contributed by atoms with Crippen molar-refractivity contribution in [1.29, 1.82) is 0 Å². The summed E-state index contributed by atoms with van der Waals surface area (Å²) in [4.78, 5) is 22.3. The van der Waals surface area contributed by atoms with Crippen LogP contribution in [0.4, 0.5) is 9.18 Å². The van der Waals surface area contributed by atoms with Gasteiger partial charge in [0.15, 0.2) is 0 Å². The summed E-state index contributed by atoms with van der Waals surface area (Å²) >= 11 is 0. The van der Waals surface area contributed by atoms with Crippen LogP contribution < -0.4 is 0 Å². The minimum absolute atomic E-state index is 0.0377. The Hall–Kier alpha value is -2.51. The lowest BCUT2D eigenvalue weighted by Crippen LogP contribution is -2.40. The van der Waals surface area contributed by atoms with Crippen molar-refractivity contribution >= 4 is 6.09 Å². The molecular weight excluding hydrogens is 327 g/mol. The third-order valence-corrected chi connectivity index (χ3v) is 3.84. The van der Waals surface area contributed by atoms with Gasteiger partial charge in [-0.25, -0.2) is 14.2 Å².